The highest BCUT2D eigenvalue weighted by atomic mass is 32.2. The van der Waals surface area contributed by atoms with E-state index >= 15 is 0 Å². The maximum absolute atomic E-state index is 12.3. The van der Waals surface area contributed by atoms with E-state index in [9.17, 15) is 13.2 Å². The average molecular weight is 339 g/mol. The molecule has 128 valence electrons. The van der Waals surface area contributed by atoms with E-state index in [1.165, 1.54) is 6.20 Å². The first-order valence-electron chi connectivity index (χ1n) is 7.86. The average Bonchev–Trinajstić information content (AvgIpc) is 2.78. The molecule has 7 heteroatoms. The summed E-state index contributed by atoms with van der Waals surface area (Å²) in [6, 6.07) is 1.73. The van der Waals surface area contributed by atoms with Crippen LogP contribution in [0.3, 0.4) is 0 Å². The van der Waals surface area contributed by atoms with Crippen LogP contribution in [0.5, 0.6) is 0 Å². The number of anilines is 1. The van der Waals surface area contributed by atoms with E-state index in [4.69, 9.17) is 0 Å². The topological polar surface area (TPSA) is 79.4 Å². The fourth-order valence-corrected chi connectivity index (χ4v) is 4.53. The first-order chi connectivity index (χ1) is 10.6. The second-order valence-electron chi connectivity index (χ2n) is 6.98. The zero-order chi connectivity index (χ0) is 17.3. The summed E-state index contributed by atoms with van der Waals surface area (Å²) in [6.45, 7) is 8.41. The van der Waals surface area contributed by atoms with Crippen molar-refractivity contribution >= 4 is 21.4 Å². The number of hydrogen-bond acceptors (Lipinski definition) is 5. The van der Waals surface area contributed by atoms with Gasteiger partial charge in [-0.1, -0.05) is 0 Å². The molecule has 0 radical (unpaired) electrons. The van der Waals surface area contributed by atoms with Gasteiger partial charge >= 0.3 is 0 Å². The Balaban J connectivity index is 2.22. The summed E-state index contributed by atoms with van der Waals surface area (Å²) in [4.78, 5) is 18.5. The number of nitrogens with zero attached hydrogens (tertiary/aromatic N) is 2. The molecule has 0 aromatic carbocycles. The molecule has 1 saturated heterocycles. The lowest BCUT2D eigenvalue weighted by molar-refractivity contribution is 0.0919. The monoisotopic (exact) mass is 339 g/mol. The van der Waals surface area contributed by atoms with E-state index in [1.54, 1.807) is 12.3 Å². The molecule has 2 heterocycles. The standard InChI is InChI=1S/C16H25N3O3S/c1-5-19(13-6-7-23(21,22)11-13)14-8-12(9-17-10-14)15(20)18-16(2,3)4/h8-10,13H,5-7,11H2,1-4H3,(H,18,20). The van der Waals surface area contributed by atoms with Crippen LogP contribution in [-0.2, 0) is 9.84 Å². The van der Waals surface area contributed by atoms with E-state index in [1.807, 2.05) is 32.6 Å². The van der Waals surface area contributed by atoms with Gasteiger partial charge in [0, 0.05) is 24.3 Å². The minimum absolute atomic E-state index is 0.0484. The zero-order valence-electron chi connectivity index (χ0n) is 14.2. The molecule has 0 saturated carbocycles. The molecular formula is C16H25N3O3S. The van der Waals surface area contributed by atoms with Crippen molar-refractivity contribution in [1.29, 1.82) is 0 Å². The number of aromatic nitrogens is 1. The number of amides is 1. The smallest absolute Gasteiger partial charge is 0.253 e. The quantitative estimate of drug-likeness (QED) is 0.902. The summed E-state index contributed by atoms with van der Waals surface area (Å²) >= 11 is 0. The van der Waals surface area contributed by atoms with Gasteiger partial charge in [0.1, 0.15) is 0 Å². The molecule has 0 bridgehead atoms. The van der Waals surface area contributed by atoms with Crippen molar-refractivity contribution in [3.05, 3.63) is 24.0 Å². The van der Waals surface area contributed by atoms with Gasteiger partial charge in [0.25, 0.3) is 5.91 Å². The number of hydrogen-bond donors (Lipinski definition) is 1. The van der Waals surface area contributed by atoms with Crippen molar-refractivity contribution in [2.24, 2.45) is 0 Å². The fourth-order valence-electron chi connectivity index (χ4n) is 2.79. The Morgan fingerprint density at radius 1 is 1.39 bits per heavy atom. The Kier molecular flexibility index (Phi) is 4.98. The molecule has 1 aromatic heterocycles. The minimum atomic E-state index is -2.95. The van der Waals surface area contributed by atoms with Crippen molar-refractivity contribution < 1.29 is 13.2 Å². The van der Waals surface area contributed by atoms with Gasteiger partial charge in [-0.2, -0.15) is 0 Å². The number of carbonyl (C=O) groups is 1. The second kappa shape index (κ2) is 6.47. The van der Waals surface area contributed by atoms with Gasteiger partial charge in [0.05, 0.1) is 29.0 Å². The third-order valence-electron chi connectivity index (χ3n) is 3.80. The molecular weight excluding hydrogens is 314 g/mol. The van der Waals surface area contributed by atoms with Crippen molar-refractivity contribution in [3.8, 4) is 0 Å². The van der Waals surface area contributed by atoms with Crippen LogP contribution in [0.4, 0.5) is 5.69 Å². The van der Waals surface area contributed by atoms with Crippen LogP contribution in [0.25, 0.3) is 0 Å². The summed E-state index contributed by atoms with van der Waals surface area (Å²) in [5.41, 5.74) is 0.949. The molecule has 1 aromatic rings. The van der Waals surface area contributed by atoms with Crippen LogP contribution in [0.15, 0.2) is 18.5 Å². The lowest BCUT2D eigenvalue weighted by Gasteiger charge is -2.29. The van der Waals surface area contributed by atoms with Gasteiger partial charge in [-0.15, -0.1) is 0 Å². The highest BCUT2D eigenvalue weighted by Crippen LogP contribution is 2.24. The van der Waals surface area contributed by atoms with Gasteiger partial charge in [-0.25, -0.2) is 8.42 Å². The maximum Gasteiger partial charge on any atom is 0.253 e. The van der Waals surface area contributed by atoms with Gasteiger partial charge in [-0.3, -0.25) is 9.78 Å². The number of rotatable bonds is 4. The molecule has 1 unspecified atom stereocenters. The molecule has 23 heavy (non-hydrogen) atoms. The highest BCUT2D eigenvalue weighted by Gasteiger charge is 2.32. The van der Waals surface area contributed by atoms with Crippen LogP contribution in [0.1, 0.15) is 44.5 Å². The largest absolute Gasteiger partial charge is 0.367 e. The van der Waals surface area contributed by atoms with Crippen molar-refractivity contribution in [1.82, 2.24) is 10.3 Å². The SMILES string of the molecule is CCN(c1cncc(C(=O)NC(C)(C)C)c1)C1CCS(=O)(=O)C1. The molecule has 1 atom stereocenters. The first-order valence-corrected chi connectivity index (χ1v) is 9.68. The van der Waals surface area contributed by atoms with E-state index in [0.29, 0.717) is 18.5 Å². The first kappa shape index (κ1) is 17.7. The van der Waals surface area contributed by atoms with E-state index in [-0.39, 0.29) is 29.0 Å². The van der Waals surface area contributed by atoms with Crippen LogP contribution >= 0.6 is 0 Å². The van der Waals surface area contributed by atoms with Crippen molar-refractivity contribution in [3.63, 3.8) is 0 Å². The molecule has 1 fully saturated rings. The summed E-state index contributed by atoms with van der Waals surface area (Å²) < 4.78 is 23.4. The molecule has 1 aliphatic heterocycles. The minimum Gasteiger partial charge on any atom is -0.367 e. The Hall–Kier alpha value is -1.63. The Morgan fingerprint density at radius 2 is 2.09 bits per heavy atom. The molecule has 1 aliphatic rings. The van der Waals surface area contributed by atoms with Crippen molar-refractivity contribution in [2.75, 3.05) is 23.0 Å². The lowest BCUT2D eigenvalue weighted by atomic mass is 10.1. The number of carbonyl (C=O) groups excluding carboxylic acids is 1. The molecule has 0 spiro atoms. The molecule has 6 nitrogen and oxygen atoms in total. The third kappa shape index (κ3) is 4.67. The van der Waals surface area contributed by atoms with E-state index in [0.717, 1.165) is 5.69 Å². The maximum atomic E-state index is 12.3. The van der Waals surface area contributed by atoms with Gasteiger partial charge in [0.2, 0.25) is 0 Å². The van der Waals surface area contributed by atoms with Crippen LogP contribution in [0, 0.1) is 0 Å². The molecule has 0 aliphatic carbocycles. The fraction of sp³-hybridized carbons (Fsp3) is 0.625. The Bertz CT molecular complexity index is 680. The molecule has 1 amide bonds. The third-order valence-corrected chi connectivity index (χ3v) is 5.55. The van der Waals surface area contributed by atoms with Crippen LogP contribution < -0.4 is 10.2 Å². The number of pyridine rings is 1. The number of nitrogens with one attached hydrogen (secondary N) is 1. The normalized spacial score (nSPS) is 20.3. The summed E-state index contributed by atoms with van der Waals surface area (Å²) in [5, 5.41) is 2.91. The van der Waals surface area contributed by atoms with E-state index < -0.39 is 9.84 Å². The molecule has 2 rings (SSSR count). The highest BCUT2D eigenvalue weighted by molar-refractivity contribution is 7.91. The van der Waals surface area contributed by atoms with Crippen LogP contribution in [0.2, 0.25) is 0 Å². The second-order valence-corrected chi connectivity index (χ2v) is 9.21. The molecule has 1 N–H and O–H groups in total. The Morgan fingerprint density at radius 3 is 2.61 bits per heavy atom. The van der Waals surface area contributed by atoms with Crippen LogP contribution in [-0.4, -0.2) is 48.9 Å². The van der Waals surface area contributed by atoms with Crippen molar-refractivity contribution in [2.45, 2.75) is 45.7 Å². The van der Waals surface area contributed by atoms with E-state index in [2.05, 4.69) is 10.3 Å². The summed E-state index contributed by atoms with van der Waals surface area (Å²) in [7, 11) is -2.95. The predicted octanol–water partition coefficient (Wildman–Crippen LogP) is 1.62. The number of sulfone groups is 1. The lowest BCUT2D eigenvalue weighted by Crippen LogP contribution is -2.41. The van der Waals surface area contributed by atoms with Gasteiger partial charge in [-0.05, 0) is 40.2 Å². The van der Waals surface area contributed by atoms with Gasteiger partial charge in [0.15, 0.2) is 9.84 Å². The Labute approximate surface area is 138 Å². The van der Waals surface area contributed by atoms with Gasteiger partial charge < -0.3 is 10.2 Å². The summed E-state index contributed by atoms with van der Waals surface area (Å²) in [6.07, 6.45) is 3.83. The summed E-state index contributed by atoms with van der Waals surface area (Å²) in [5.74, 6) is 0.215. The predicted molar refractivity (Wildman–Crippen MR) is 91.5 cm³/mol. The zero-order valence-corrected chi connectivity index (χ0v) is 15.0.